The summed E-state index contributed by atoms with van der Waals surface area (Å²) in [5.41, 5.74) is 0. The first kappa shape index (κ1) is 11.1. The van der Waals surface area contributed by atoms with Gasteiger partial charge in [0.05, 0.1) is 0 Å². The fourth-order valence-electron chi connectivity index (χ4n) is 0.688. The third kappa shape index (κ3) is 2.48. The fraction of sp³-hybridized carbons (Fsp3) is 0.500. The van der Waals surface area contributed by atoms with Crippen molar-refractivity contribution in [2.24, 2.45) is 0 Å². The number of aromatic nitrogens is 2. The van der Waals surface area contributed by atoms with Crippen LogP contribution in [0.25, 0.3) is 0 Å². The van der Waals surface area contributed by atoms with Gasteiger partial charge in [-0.2, -0.15) is 0 Å². The van der Waals surface area contributed by atoms with Crippen LogP contribution in [0.3, 0.4) is 0 Å². The van der Waals surface area contributed by atoms with Gasteiger partial charge in [-0.3, -0.25) is 4.79 Å². The van der Waals surface area contributed by atoms with Crippen molar-refractivity contribution in [3.8, 4) is 0 Å². The van der Waals surface area contributed by atoms with Crippen molar-refractivity contribution >= 4 is 27.1 Å². The lowest BCUT2D eigenvalue weighted by atomic mass is 10.6. The number of carbonyl (C=O) groups excluding carboxylic acids is 1. The number of amides is 1. The highest BCUT2D eigenvalue weighted by Gasteiger charge is 2.17. The third-order valence-electron chi connectivity index (χ3n) is 1.26. The van der Waals surface area contributed by atoms with Gasteiger partial charge >= 0.3 is 0 Å². The molecule has 1 N–H and O–H groups in total. The average molecular weight is 235 g/mol. The summed E-state index contributed by atoms with van der Waals surface area (Å²) >= 11 is 0.766. The molecule has 78 valence electrons. The summed E-state index contributed by atoms with van der Waals surface area (Å²) in [7, 11) is -3.37. The molecule has 8 heteroatoms. The van der Waals surface area contributed by atoms with Gasteiger partial charge in [0.1, 0.15) is 0 Å². The number of sulfone groups is 1. The second kappa shape index (κ2) is 4.01. The van der Waals surface area contributed by atoms with E-state index in [2.05, 4.69) is 15.5 Å². The molecular formula is C6H9N3O3S2. The molecule has 14 heavy (non-hydrogen) atoms. The van der Waals surface area contributed by atoms with Gasteiger partial charge in [0.2, 0.25) is 19.2 Å². The summed E-state index contributed by atoms with van der Waals surface area (Å²) in [6, 6.07) is 0. The molecule has 6 nitrogen and oxygen atoms in total. The number of rotatable bonds is 3. The smallest absolute Gasteiger partial charge is 0.282 e. The normalized spacial score (nSPS) is 11.3. The number of nitrogens with one attached hydrogen (secondary N) is 1. The number of hydrogen-bond acceptors (Lipinski definition) is 6. The van der Waals surface area contributed by atoms with E-state index in [9.17, 15) is 13.2 Å². The van der Waals surface area contributed by atoms with Crippen LogP contribution >= 0.6 is 11.3 Å². The van der Waals surface area contributed by atoms with Crippen LogP contribution in [-0.4, -0.2) is 37.3 Å². The maximum absolute atomic E-state index is 11.2. The zero-order valence-electron chi connectivity index (χ0n) is 7.64. The van der Waals surface area contributed by atoms with E-state index in [1.165, 1.54) is 0 Å². The van der Waals surface area contributed by atoms with Crippen molar-refractivity contribution in [2.45, 2.75) is 11.3 Å². The Kier molecular flexibility index (Phi) is 3.17. The Hall–Kier alpha value is -1.02. The molecule has 0 unspecified atom stereocenters. The molecule has 1 rings (SSSR count). The van der Waals surface area contributed by atoms with Gasteiger partial charge in [0, 0.05) is 12.8 Å². The Morgan fingerprint density at radius 3 is 2.57 bits per heavy atom. The Bertz CT molecular complexity index is 437. The molecule has 0 saturated carbocycles. The molecule has 0 saturated heterocycles. The van der Waals surface area contributed by atoms with Crippen LogP contribution < -0.4 is 5.32 Å². The van der Waals surface area contributed by atoms with Crippen molar-refractivity contribution in [1.82, 2.24) is 15.5 Å². The van der Waals surface area contributed by atoms with E-state index in [-0.39, 0.29) is 9.35 Å². The zero-order valence-corrected chi connectivity index (χ0v) is 9.28. The highest BCUT2D eigenvalue weighted by atomic mass is 32.2. The Morgan fingerprint density at radius 2 is 2.14 bits per heavy atom. The second-order valence-electron chi connectivity index (χ2n) is 2.50. The second-order valence-corrected chi connectivity index (χ2v) is 5.67. The number of hydrogen-bond donors (Lipinski definition) is 1. The Morgan fingerprint density at radius 1 is 1.50 bits per heavy atom. The van der Waals surface area contributed by atoms with Gasteiger partial charge in [0.25, 0.3) is 5.91 Å². The quantitative estimate of drug-likeness (QED) is 0.776. The highest BCUT2D eigenvalue weighted by molar-refractivity contribution is 7.92. The maximum atomic E-state index is 11.2. The SMILES string of the molecule is CCNC(=O)c1nnc(S(C)(=O)=O)s1. The van der Waals surface area contributed by atoms with Crippen molar-refractivity contribution in [3.63, 3.8) is 0 Å². The van der Waals surface area contributed by atoms with E-state index in [4.69, 9.17) is 0 Å². The molecule has 0 radical (unpaired) electrons. The first-order chi connectivity index (χ1) is 6.45. The van der Waals surface area contributed by atoms with Crippen LogP contribution in [0.5, 0.6) is 0 Å². The standard InChI is InChI=1S/C6H9N3O3S2/c1-3-7-4(10)5-8-9-6(13-5)14(2,11)12/h3H2,1-2H3,(H,7,10). The molecular weight excluding hydrogens is 226 g/mol. The lowest BCUT2D eigenvalue weighted by Crippen LogP contribution is -2.22. The highest BCUT2D eigenvalue weighted by Crippen LogP contribution is 2.14. The molecule has 0 atom stereocenters. The summed E-state index contributed by atoms with van der Waals surface area (Å²) in [4.78, 5) is 11.2. The summed E-state index contributed by atoms with van der Waals surface area (Å²) in [5, 5.41) is 9.45. The molecule has 1 amide bonds. The topological polar surface area (TPSA) is 89.0 Å². The molecule has 0 aliphatic carbocycles. The number of carbonyl (C=O) groups is 1. The van der Waals surface area contributed by atoms with Gasteiger partial charge < -0.3 is 5.32 Å². The lowest BCUT2D eigenvalue weighted by Gasteiger charge is -1.94. The summed E-state index contributed by atoms with van der Waals surface area (Å²) < 4.78 is 21.9. The van der Waals surface area contributed by atoms with Crippen LogP contribution in [0.4, 0.5) is 0 Å². The van der Waals surface area contributed by atoms with Crippen LogP contribution in [0.2, 0.25) is 0 Å². The lowest BCUT2D eigenvalue weighted by molar-refractivity contribution is 0.0954. The zero-order chi connectivity index (χ0) is 10.8. The Labute approximate surface area is 85.3 Å². The van der Waals surface area contributed by atoms with Crippen LogP contribution in [0.15, 0.2) is 4.34 Å². The van der Waals surface area contributed by atoms with Gasteiger partial charge in [-0.15, -0.1) is 10.2 Å². The molecule has 0 aromatic carbocycles. The monoisotopic (exact) mass is 235 g/mol. The van der Waals surface area contributed by atoms with Crippen molar-refractivity contribution in [1.29, 1.82) is 0 Å². The van der Waals surface area contributed by atoms with E-state index >= 15 is 0 Å². The molecule has 0 bridgehead atoms. The molecule has 0 aliphatic rings. The molecule has 0 fully saturated rings. The van der Waals surface area contributed by atoms with E-state index in [0.717, 1.165) is 17.6 Å². The van der Waals surface area contributed by atoms with Crippen LogP contribution in [0.1, 0.15) is 16.7 Å². The minimum absolute atomic E-state index is 0.0623. The van der Waals surface area contributed by atoms with E-state index in [0.29, 0.717) is 6.54 Å². The predicted molar refractivity (Wildman–Crippen MR) is 51.0 cm³/mol. The predicted octanol–water partition coefficient (Wildman–Crippen LogP) is -0.309. The first-order valence-corrected chi connectivity index (χ1v) is 6.47. The van der Waals surface area contributed by atoms with Gasteiger partial charge in [-0.25, -0.2) is 8.42 Å². The molecule has 0 spiro atoms. The maximum Gasteiger partial charge on any atom is 0.282 e. The summed E-state index contributed by atoms with van der Waals surface area (Å²) in [6.07, 6.45) is 1.02. The minimum Gasteiger partial charge on any atom is -0.350 e. The van der Waals surface area contributed by atoms with E-state index < -0.39 is 15.7 Å². The van der Waals surface area contributed by atoms with Crippen molar-refractivity contribution in [2.75, 3.05) is 12.8 Å². The third-order valence-corrected chi connectivity index (χ3v) is 3.85. The van der Waals surface area contributed by atoms with Gasteiger partial charge in [-0.1, -0.05) is 11.3 Å². The molecule has 0 aliphatic heterocycles. The van der Waals surface area contributed by atoms with E-state index in [1.807, 2.05) is 0 Å². The molecule has 1 aromatic rings. The first-order valence-electron chi connectivity index (χ1n) is 3.77. The van der Waals surface area contributed by atoms with Crippen molar-refractivity contribution < 1.29 is 13.2 Å². The summed E-state index contributed by atoms with van der Waals surface area (Å²) in [6.45, 7) is 2.23. The van der Waals surface area contributed by atoms with Gasteiger partial charge in [0.15, 0.2) is 0 Å². The number of nitrogens with zero attached hydrogens (tertiary/aromatic N) is 2. The molecule has 1 aromatic heterocycles. The largest absolute Gasteiger partial charge is 0.350 e. The molecule has 1 heterocycles. The van der Waals surface area contributed by atoms with Crippen molar-refractivity contribution in [3.05, 3.63) is 5.01 Å². The summed E-state index contributed by atoms with van der Waals surface area (Å²) in [5.74, 6) is -0.403. The van der Waals surface area contributed by atoms with Gasteiger partial charge in [-0.05, 0) is 6.92 Å². The minimum atomic E-state index is -3.37. The Balaban J connectivity index is 2.94. The van der Waals surface area contributed by atoms with Crippen LogP contribution in [-0.2, 0) is 9.84 Å². The average Bonchev–Trinajstić information content (AvgIpc) is 2.51. The van der Waals surface area contributed by atoms with E-state index in [1.54, 1.807) is 6.92 Å². The fourth-order valence-corrected chi connectivity index (χ4v) is 2.21. The van der Waals surface area contributed by atoms with Crippen LogP contribution in [0, 0.1) is 0 Å².